The van der Waals surface area contributed by atoms with Crippen LogP contribution in [-0.2, 0) is 17.8 Å². The Labute approximate surface area is 119 Å². The van der Waals surface area contributed by atoms with E-state index >= 15 is 0 Å². The largest absolute Gasteiger partial charge is 0.379 e. The number of thiazole rings is 1. The Morgan fingerprint density at radius 1 is 1.53 bits per heavy atom. The first-order valence-electron chi connectivity index (χ1n) is 5.88. The molecule has 2 N–H and O–H groups in total. The monoisotopic (exact) mass is 293 g/mol. The number of aryl methyl sites for hydroxylation is 1. The third kappa shape index (κ3) is 2.43. The highest BCUT2D eigenvalue weighted by Crippen LogP contribution is 2.33. The standard InChI is InChI=1S/C13H12ClN3OS/c1-7-12(19-6-16-7)5-15-11-2-8-3-13(18)17-10(8)4-9(11)14/h2,4,6,15H,3,5H2,1H3,(H,17,18). The second-order valence-electron chi connectivity index (χ2n) is 4.43. The van der Waals surface area contributed by atoms with E-state index in [-0.39, 0.29) is 5.91 Å². The molecule has 0 saturated heterocycles. The van der Waals surface area contributed by atoms with Gasteiger partial charge < -0.3 is 10.6 Å². The van der Waals surface area contributed by atoms with E-state index in [1.54, 1.807) is 17.4 Å². The minimum atomic E-state index is 0.0153. The number of anilines is 2. The van der Waals surface area contributed by atoms with E-state index < -0.39 is 0 Å². The molecule has 0 atom stereocenters. The van der Waals surface area contributed by atoms with Gasteiger partial charge in [0, 0.05) is 10.6 Å². The minimum absolute atomic E-state index is 0.0153. The second kappa shape index (κ2) is 4.83. The van der Waals surface area contributed by atoms with E-state index in [0.29, 0.717) is 18.0 Å². The summed E-state index contributed by atoms with van der Waals surface area (Å²) < 4.78 is 0. The van der Waals surface area contributed by atoms with E-state index in [1.807, 2.05) is 18.5 Å². The third-order valence-corrected chi connectivity index (χ3v) is 4.35. The molecule has 19 heavy (non-hydrogen) atoms. The van der Waals surface area contributed by atoms with Gasteiger partial charge in [-0.1, -0.05) is 11.6 Å². The maximum absolute atomic E-state index is 11.3. The molecule has 0 radical (unpaired) electrons. The number of carbonyl (C=O) groups excluding carboxylic acids is 1. The van der Waals surface area contributed by atoms with Crippen LogP contribution in [0.3, 0.4) is 0 Å². The summed E-state index contributed by atoms with van der Waals surface area (Å²) >= 11 is 7.83. The normalized spacial score (nSPS) is 13.3. The molecule has 0 saturated carbocycles. The molecule has 0 bridgehead atoms. The summed E-state index contributed by atoms with van der Waals surface area (Å²) in [7, 11) is 0. The van der Waals surface area contributed by atoms with Crippen LogP contribution < -0.4 is 10.6 Å². The molecule has 2 aromatic rings. The molecule has 0 spiro atoms. The first kappa shape index (κ1) is 12.4. The molecule has 6 heteroatoms. The quantitative estimate of drug-likeness (QED) is 0.913. The Kier molecular flexibility index (Phi) is 3.16. The van der Waals surface area contributed by atoms with Gasteiger partial charge >= 0.3 is 0 Å². The number of fused-ring (bicyclic) bond motifs is 1. The number of nitrogens with one attached hydrogen (secondary N) is 2. The van der Waals surface area contributed by atoms with Crippen molar-refractivity contribution in [3.05, 3.63) is 38.8 Å². The van der Waals surface area contributed by atoms with Crippen molar-refractivity contribution in [1.82, 2.24) is 4.98 Å². The van der Waals surface area contributed by atoms with Gasteiger partial charge in [0.2, 0.25) is 5.91 Å². The van der Waals surface area contributed by atoms with Crippen LogP contribution in [0.4, 0.5) is 11.4 Å². The van der Waals surface area contributed by atoms with Gasteiger partial charge in [-0.2, -0.15) is 0 Å². The molecule has 0 unspecified atom stereocenters. The molecular weight excluding hydrogens is 282 g/mol. The van der Waals surface area contributed by atoms with Gasteiger partial charge in [-0.05, 0) is 24.6 Å². The van der Waals surface area contributed by atoms with E-state index in [2.05, 4.69) is 15.6 Å². The van der Waals surface area contributed by atoms with Crippen LogP contribution in [0.15, 0.2) is 17.6 Å². The molecule has 98 valence electrons. The number of amides is 1. The van der Waals surface area contributed by atoms with Gasteiger partial charge in [0.15, 0.2) is 0 Å². The third-order valence-electron chi connectivity index (χ3n) is 3.10. The summed E-state index contributed by atoms with van der Waals surface area (Å²) in [6, 6.07) is 3.73. The summed E-state index contributed by atoms with van der Waals surface area (Å²) in [4.78, 5) is 16.7. The van der Waals surface area contributed by atoms with Crippen molar-refractivity contribution in [3.8, 4) is 0 Å². The highest BCUT2D eigenvalue weighted by molar-refractivity contribution is 7.09. The number of hydrogen-bond donors (Lipinski definition) is 2. The van der Waals surface area contributed by atoms with Gasteiger partial charge in [0.05, 0.1) is 34.9 Å². The molecule has 1 aromatic heterocycles. The lowest BCUT2D eigenvalue weighted by atomic mass is 10.1. The molecule has 1 aliphatic heterocycles. The topological polar surface area (TPSA) is 54.0 Å². The van der Waals surface area contributed by atoms with Crippen molar-refractivity contribution in [1.29, 1.82) is 0 Å². The molecule has 1 aliphatic rings. The fraction of sp³-hybridized carbons (Fsp3) is 0.231. The van der Waals surface area contributed by atoms with Crippen LogP contribution in [-0.4, -0.2) is 10.9 Å². The molecule has 2 heterocycles. The fourth-order valence-electron chi connectivity index (χ4n) is 2.05. The average Bonchev–Trinajstić information content (AvgIpc) is 2.91. The van der Waals surface area contributed by atoms with Crippen molar-refractivity contribution in [2.75, 3.05) is 10.6 Å². The molecule has 0 aliphatic carbocycles. The maximum atomic E-state index is 11.3. The number of aromatic nitrogens is 1. The summed E-state index contributed by atoms with van der Waals surface area (Å²) in [6.07, 6.45) is 0.417. The summed E-state index contributed by atoms with van der Waals surface area (Å²) in [5, 5.41) is 6.70. The highest BCUT2D eigenvalue weighted by atomic mass is 35.5. The van der Waals surface area contributed by atoms with Crippen LogP contribution in [0, 0.1) is 6.92 Å². The van der Waals surface area contributed by atoms with E-state index in [9.17, 15) is 4.79 Å². The Hall–Kier alpha value is -1.59. The van der Waals surface area contributed by atoms with Crippen LogP contribution in [0.1, 0.15) is 16.1 Å². The van der Waals surface area contributed by atoms with Gasteiger partial charge in [-0.15, -0.1) is 11.3 Å². The van der Waals surface area contributed by atoms with Crippen LogP contribution >= 0.6 is 22.9 Å². The highest BCUT2D eigenvalue weighted by Gasteiger charge is 2.19. The number of rotatable bonds is 3. The molecule has 0 fully saturated rings. The molecule has 1 amide bonds. The Bertz CT molecular complexity index is 653. The lowest BCUT2D eigenvalue weighted by Gasteiger charge is -2.10. The van der Waals surface area contributed by atoms with Crippen LogP contribution in [0.5, 0.6) is 0 Å². The summed E-state index contributed by atoms with van der Waals surface area (Å²) in [6.45, 7) is 2.68. The first-order chi connectivity index (χ1) is 9.13. The fourth-order valence-corrected chi connectivity index (χ4v) is 3.00. The Balaban J connectivity index is 1.80. The van der Waals surface area contributed by atoms with Crippen molar-refractivity contribution < 1.29 is 4.79 Å². The second-order valence-corrected chi connectivity index (χ2v) is 5.78. The smallest absolute Gasteiger partial charge is 0.228 e. The van der Waals surface area contributed by atoms with E-state index in [1.165, 1.54) is 4.88 Å². The predicted molar refractivity (Wildman–Crippen MR) is 78.0 cm³/mol. The van der Waals surface area contributed by atoms with Crippen molar-refractivity contribution >= 4 is 40.2 Å². The lowest BCUT2D eigenvalue weighted by Crippen LogP contribution is -2.03. The van der Waals surface area contributed by atoms with Crippen molar-refractivity contribution in [3.63, 3.8) is 0 Å². The Morgan fingerprint density at radius 3 is 3.11 bits per heavy atom. The molecular formula is C13H12ClN3OS. The van der Waals surface area contributed by atoms with Gasteiger partial charge in [-0.3, -0.25) is 4.79 Å². The first-order valence-corrected chi connectivity index (χ1v) is 7.14. The summed E-state index contributed by atoms with van der Waals surface area (Å²) in [5.41, 5.74) is 5.52. The predicted octanol–water partition coefficient (Wildman–Crippen LogP) is 3.21. The number of nitrogens with zero attached hydrogens (tertiary/aromatic N) is 1. The van der Waals surface area contributed by atoms with E-state index in [0.717, 1.165) is 22.6 Å². The number of carbonyl (C=O) groups is 1. The minimum Gasteiger partial charge on any atom is -0.379 e. The van der Waals surface area contributed by atoms with Crippen molar-refractivity contribution in [2.24, 2.45) is 0 Å². The zero-order chi connectivity index (χ0) is 13.4. The zero-order valence-corrected chi connectivity index (χ0v) is 11.9. The number of hydrogen-bond acceptors (Lipinski definition) is 4. The maximum Gasteiger partial charge on any atom is 0.228 e. The zero-order valence-electron chi connectivity index (χ0n) is 10.3. The molecule has 1 aromatic carbocycles. The number of benzene rings is 1. The molecule has 3 rings (SSSR count). The van der Waals surface area contributed by atoms with E-state index in [4.69, 9.17) is 11.6 Å². The van der Waals surface area contributed by atoms with Gasteiger partial charge in [0.25, 0.3) is 0 Å². The summed E-state index contributed by atoms with van der Waals surface area (Å²) in [5.74, 6) is 0.0153. The average molecular weight is 294 g/mol. The van der Waals surface area contributed by atoms with Gasteiger partial charge in [-0.25, -0.2) is 4.98 Å². The lowest BCUT2D eigenvalue weighted by molar-refractivity contribution is -0.115. The Morgan fingerprint density at radius 2 is 2.37 bits per heavy atom. The SMILES string of the molecule is Cc1ncsc1CNc1cc2c(cc1Cl)NC(=O)C2. The van der Waals surface area contributed by atoms with Gasteiger partial charge in [0.1, 0.15) is 0 Å². The van der Waals surface area contributed by atoms with Crippen molar-refractivity contribution in [2.45, 2.75) is 19.9 Å². The van der Waals surface area contributed by atoms with Crippen LogP contribution in [0.25, 0.3) is 0 Å². The number of halogens is 1. The molecule has 4 nitrogen and oxygen atoms in total. The van der Waals surface area contributed by atoms with Crippen LogP contribution in [0.2, 0.25) is 5.02 Å².